The molecule has 0 aliphatic carbocycles. The zero-order valence-electron chi connectivity index (χ0n) is 9.96. The Balaban J connectivity index is 3.23. The van der Waals surface area contributed by atoms with Crippen LogP contribution >= 0.6 is 11.6 Å². The van der Waals surface area contributed by atoms with Crippen LogP contribution in [-0.4, -0.2) is 37.8 Å². The summed E-state index contributed by atoms with van der Waals surface area (Å²) in [4.78, 5) is 3.69. The van der Waals surface area contributed by atoms with Crippen LogP contribution in [0.5, 0.6) is 0 Å². The molecule has 1 heterocycles. The molecule has 0 amide bonds. The molecule has 0 aromatic carbocycles. The van der Waals surface area contributed by atoms with E-state index in [0.29, 0.717) is 5.82 Å². The number of rotatable bonds is 5. The third-order valence-corrected chi connectivity index (χ3v) is 4.23. The lowest BCUT2D eigenvalue weighted by molar-refractivity contribution is 0.479. The molecular weight excluding hydrogens is 290 g/mol. The summed E-state index contributed by atoms with van der Waals surface area (Å²) in [6.07, 6.45) is 1.12. The molecule has 1 aromatic rings. The van der Waals surface area contributed by atoms with Crippen LogP contribution in [0.15, 0.2) is 17.2 Å². The normalized spacial score (nSPS) is 10.8. The van der Waals surface area contributed by atoms with Gasteiger partial charge in [0.1, 0.15) is 23.8 Å². The van der Waals surface area contributed by atoms with Crippen molar-refractivity contribution in [2.75, 3.05) is 25.5 Å². The highest BCUT2D eigenvalue weighted by Gasteiger charge is 2.25. The highest BCUT2D eigenvalue weighted by molar-refractivity contribution is 7.89. The van der Waals surface area contributed by atoms with Crippen molar-refractivity contribution in [3.8, 4) is 12.1 Å². The lowest BCUT2D eigenvalue weighted by atomic mass is 10.4. The molecule has 0 aliphatic heterocycles. The fourth-order valence-electron chi connectivity index (χ4n) is 1.28. The first-order chi connectivity index (χ1) is 8.97. The Kier molecular flexibility index (Phi) is 5.07. The first kappa shape index (κ1) is 15.2. The SMILES string of the molecule is CNc1ncc(S(=O)(=O)N(CC#N)CC#N)cc1Cl. The van der Waals surface area contributed by atoms with Crippen molar-refractivity contribution in [3.63, 3.8) is 0 Å². The number of nitrogens with zero attached hydrogens (tertiary/aromatic N) is 4. The number of hydrogen-bond acceptors (Lipinski definition) is 6. The second kappa shape index (κ2) is 6.34. The average molecular weight is 300 g/mol. The number of nitriles is 2. The lowest BCUT2D eigenvalue weighted by Gasteiger charge is -2.16. The zero-order chi connectivity index (χ0) is 14.5. The summed E-state index contributed by atoms with van der Waals surface area (Å²) in [6, 6.07) is 4.61. The Morgan fingerprint density at radius 2 is 2.00 bits per heavy atom. The van der Waals surface area contributed by atoms with Crippen molar-refractivity contribution in [2.24, 2.45) is 0 Å². The van der Waals surface area contributed by atoms with E-state index in [4.69, 9.17) is 22.1 Å². The first-order valence-electron chi connectivity index (χ1n) is 5.04. The minimum absolute atomic E-state index is 0.137. The summed E-state index contributed by atoms with van der Waals surface area (Å²) in [5.41, 5.74) is 0. The van der Waals surface area contributed by atoms with Crippen LogP contribution in [-0.2, 0) is 10.0 Å². The third kappa shape index (κ3) is 3.32. The molecule has 0 saturated carbocycles. The van der Waals surface area contributed by atoms with Crippen molar-refractivity contribution in [1.82, 2.24) is 9.29 Å². The zero-order valence-corrected chi connectivity index (χ0v) is 11.5. The van der Waals surface area contributed by atoms with Gasteiger partial charge in [-0.1, -0.05) is 11.6 Å². The highest BCUT2D eigenvalue weighted by atomic mass is 35.5. The highest BCUT2D eigenvalue weighted by Crippen LogP contribution is 2.23. The molecule has 0 spiro atoms. The molecule has 1 aromatic heterocycles. The van der Waals surface area contributed by atoms with Gasteiger partial charge in [0.25, 0.3) is 0 Å². The van der Waals surface area contributed by atoms with Crippen LogP contribution in [0, 0.1) is 22.7 Å². The summed E-state index contributed by atoms with van der Waals surface area (Å²) in [6.45, 7) is -0.831. The van der Waals surface area contributed by atoms with Crippen molar-refractivity contribution in [3.05, 3.63) is 17.3 Å². The Labute approximate surface area is 116 Å². The number of hydrogen-bond donors (Lipinski definition) is 1. The van der Waals surface area contributed by atoms with E-state index in [1.165, 1.54) is 6.07 Å². The second-order valence-corrected chi connectivity index (χ2v) is 5.69. The summed E-state index contributed by atoms with van der Waals surface area (Å²) in [7, 11) is -2.36. The molecule has 0 aliphatic rings. The minimum atomic E-state index is -3.96. The molecule has 0 unspecified atom stereocenters. The number of anilines is 1. The molecule has 0 atom stereocenters. The number of aromatic nitrogens is 1. The predicted octanol–water partition coefficient (Wildman–Crippen LogP) is 0.815. The van der Waals surface area contributed by atoms with Crippen molar-refractivity contribution < 1.29 is 8.42 Å². The molecule has 100 valence electrons. The summed E-state index contributed by atoms with van der Waals surface area (Å²) in [5.74, 6) is 0.340. The van der Waals surface area contributed by atoms with Crippen LogP contribution in [0.2, 0.25) is 5.02 Å². The van der Waals surface area contributed by atoms with Crippen LogP contribution in [0.25, 0.3) is 0 Å². The maximum absolute atomic E-state index is 12.2. The van der Waals surface area contributed by atoms with Gasteiger partial charge in [0.15, 0.2) is 0 Å². The molecule has 0 fully saturated rings. The fourth-order valence-corrected chi connectivity index (χ4v) is 2.81. The lowest BCUT2D eigenvalue weighted by Crippen LogP contribution is -2.32. The standard InChI is InChI=1S/C10H10ClN5O2S/c1-14-10-9(11)6-8(7-15-10)19(17,18)16(4-2-12)5-3-13/h6-7H,4-5H2,1H3,(H,14,15). The van der Waals surface area contributed by atoms with Gasteiger partial charge in [0, 0.05) is 13.2 Å². The molecule has 9 heteroatoms. The van der Waals surface area contributed by atoms with Gasteiger partial charge in [-0.25, -0.2) is 13.4 Å². The van der Waals surface area contributed by atoms with Gasteiger partial charge in [0.05, 0.1) is 17.2 Å². The van der Waals surface area contributed by atoms with E-state index in [1.807, 2.05) is 0 Å². The summed E-state index contributed by atoms with van der Waals surface area (Å²) < 4.78 is 25.1. The van der Waals surface area contributed by atoms with Gasteiger partial charge in [-0.3, -0.25) is 0 Å². The monoisotopic (exact) mass is 299 g/mol. The van der Waals surface area contributed by atoms with Crippen molar-refractivity contribution in [2.45, 2.75) is 4.90 Å². The Hall–Kier alpha value is -1.87. The van der Waals surface area contributed by atoms with Gasteiger partial charge < -0.3 is 5.32 Å². The smallest absolute Gasteiger partial charge is 0.246 e. The Bertz CT molecular complexity index is 631. The number of nitrogens with one attached hydrogen (secondary N) is 1. The van der Waals surface area contributed by atoms with Crippen LogP contribution in [0.4, 0.5) is 5.82 Å². The molecule has 19 heavy (non-hydrogen) atoms. The Morgan fingerprint density at radius 1 is 1.42 bits per heavy atom. The number of halogens is 1. The van der Waals surface area contributed by atoms with Crippen LogP contribution in [0.1, 0.15) is 0 Å². The quantitative estimate of drug-likeness (QED) is 0.806. The second-order valence-electron chi connectivity index (χ2n) is 3.34. The summed E-state index contributed by atoms with van der Waals surface area (Å²) in [5, 5.41) is 20.0. The largest absolute Gasteiger partial charge is 0.372 e. The van der Waals surface area contributed by atoms with Gasteiger partial charge in [-0.15, -0.1) is 0 Å². The molecule has 1 rings (SSSR count). The van der Waals surface area contributed by atoms with Crippen LogP contribution < -0.4 is 5.32 Å². The molecular formula is C10H10ClN5O2S. The molecule has 0 saturated heterocycles. The molecule has 7 nitrogen and oxygen atoms in total. The number of pyridine rings is 1. The minimum Gasteiger partial charge on any atom is -0.372 e. The number of sulfonamides is 1. The van der Waals surface area contributed by atoms with Gasteiger partial charge in [-0.05, 0) is 6.07 Å². The Morgan fingerprint density at radius 3 is 2.42 bits per heavy atom. The van der Waals surface area contributed by atoms with E-state index in [1.54, 1.807) is 19.2 Å². The van der Waals surface area contributed by atoms with Gasteiger partial charge >= 0.3 is 0 Å². The first-order valence-corrected chi connectivity index (χ1v) is 6.86. The van der Waals surface area contributed by atoms with E-state index < -0.39 is 23.1 Å². The predicted molar refractivity (Wildman–Crippen MR) is 68.8 cm³/mol. The van der Waals surface area contributed by atoms with E-state index in [-0.39, 0.29) is 9.92 Å². The fraction of sp³-hybridized carbons (Fsp3) is 0.300. The van der Waals surface area contributed by atoms with Gasteiger partial charge in [-0.2, -0.15) is 14.8 Å². The van der Waals surface area contributed by atoms with E-state index in [2.05, 4.69) is 10.3 Å². The van der Waals surface area contributed by atoms with Crippen molar-refractivity contribution >= 4 is 27.4 Å². The maximum atomic E-state index is 12.2. The van der Waals surface area contributed by atoms with Gasteiger partial charge in [0.2, 0.25) is 10.0 Å². The van der Waals surface area contributed by atoms with Crippen molar-refractivity contribution in [1.29, 1.82) is 10.5 Å². The molecule has 0 bridgehead atoms. The third-order valence-electron chi connectivity index (χ3n) is 2.18. The van der Waals surface area contributed by atoms with E-state index in [9.17, 15) is 8.42 Å². The average Bonchev–Trinajstić information content (AvgIpc) is 2.38. The molecule has 1 N–H and O–H groups in total. The van der Waals surface area contributed by atoms with Crippen LogP contribution in [0.3, 0.4) is 0 Å². The van der Waals surface area contributed by atoms with E-state index >= 15 is 0 Å². The topological polar surface area (TPSA) is 110 Å². The summed E-state index contributed by atoms with van der Waals surface area (Å²) >= 11 is 5.86. The van der Waals surface area contributed by atoms with E-state index in [0.717, 1.165) is 10.5 Å². The maximum Gasteiger partial charge on any atom is 0.246 e. The molecule has 0 radical (unpaired) electrons.